The maximum Gasteiger partial charge on any atom is 0.303 e. The SMILES string of the molecule is CC(=O)c1ccc(CCCC(=O)O)s1. The molecule has 0 saturated heterocycles. The molecule has 76 valence electrons. The first-order valence-electron chi connectivity index (χ1n) is 4.41. The first-order valence-corrected chi connectivity index (χ1v) is 5.22. The summed E-state index contributed by atoms with van der Waals surface area (Å²) in [6.45, 7) is 1.53. The summed E-state index contributed by atoms with van der Waals surface area (Å²) in [7, 11) is 0. The number of thiophene rings is 1. The van der Waals surface area contributed by atoms with Crippen LogP contribution in [0.1, 0.15) is 34.3 Å². The van der Waals surface area contributed by atoms with Crippen molar-refractivity contribution in [3.63, 3.8) is 0 Å². The topological polar surface area (TPSA) is 54.4 Å². The fourth-order valence-electron chi connectivity index (χ4n) is 1.12. The van der Waals surface area contributed by atoms with E-state index in [-0.39, 0.29) is 12.2 Å². The third-order valence-corrected chi connectivity index (χ3v) is 3.07. The van der Waals surface area contributed by atoms with Crippen molar-refractivity contribution < 1.29 is 14.7 Å². The van der Waals surface area contributed by atoms with Gasteiger partial charge in [-0.2, -0.15) is 0 Å². The van der Waals surface area contributed by atoms with Crippen LogP contribution in [0.3, 0.4) is 0 Å². The van der Waals surface area contributed by atoms with Gasteiger partial charge in [0, 0.05) is 11.3 Å². The van der Waals surface area contributed by atoms with Crippen LogP contribution in [0.5, 0.6) is 0 Å². The largest absolute Gasteiger partial charge is 0.481 e. The smallest absolute Gasteiger partial charge is 0.303 e. The minimum Gasteiger partial charge on any atom is -0.481 e. The summed E-state index contributed by atoms with van der Waals surface area (Å²) in [4.78, 5) is 23.0. The summed E-state index contributed by atoms with van der Waals surface area (Å²) in [6.07, 6.45) is 1.56. The number of rotatable bonds is 5. The van der Waals surface area contributed by atoms with E-state index in [2.05, 4.69) is 0 Å². The zero-order chi connectivity index (χ0) is 10.6. The lowest BCUT2D eigenvalue weighted by Gasteiger charge is -1.93. The molecule has 0 bridgehead atoms. The fourth-order valence-corrected chi connectivity index (χ4v) is 2.06. The summed E-state index contributed by atoms with van der Waals surface area (Å²) in [6, 6.07) is 3.69. The van der Waals surface area contributed by atoms with Gasteiger partial charge < -0.3 is 5.11 Å². The predicted octanol–water partition coefficient (Wildman–Crippen LogP) is 2.36. The van der Waals surface area contributed by atoms with Crippen LogP contribution in [0, 0.1) is 0 Å². The highest BCUT2D eigenvalue weighted by molar-refractivity contribution is 7.14. The van der Waals surface area contributed by atoms with Gasteiger partial charge in [0.2, 0.25) is 0 Å². The number of carboxylic acids is 1. The van der Waals surface area contributed by atoms with Crippen LogP contribution in [0.25, 0.3) is 0 Å². The lowest BCUT2D eigenvalue weighted by atomic mass is 10.2. The molecule has 1 N–H and O–H groups in total. The third kappa shape index (κ3) is 3.30. The zero-order valence-electron chi connectivity index (χ0n) is 7.95. The van der Waals surface area contributed by atoms with E-state index >= 15 is 0 Å². The maximum absolute atomic E-state index is 11.0. The Bertz CT molecular complexity index is 341. The summed E-state index contributed by atoms with van der Waals surface area (Å²) in [5.74, 6) is -0.701. The normalized spacial score (nSPS) is 10.1. The van der Waals surface area contributed by atoms with Gasteiger partial charge in [-0.3, -0.25) is 9.59 Å². The molecule has 0 atom stereocenters. The number of aryl methyl sites for hydroxylation is 1. The molecular formula is C10H12O3S. The van der Waals surface area contributed by atoms with Gasteiger partial charge in [0.15, 0.2) is 5.78 Å². The predicted molar refractivity (Wildman–Crippen MR) is 54.9 cm³/mol. The first-order chi connectivity index (χ1) is 6.59. The lowest BCUT2D eigenvalue weighted by Crippen LogP contribution is -1.94. The average Bonchev–Trinajstić information content (AvgIpc) is 2.52. The number of ketones is 1. The molecule has 1 rings (SSSR count). The van der Waals surface area contributed by atoms with Gasteiger partial charge in [-0.05, 0) is 31.9 Å². The molecule has 0 radical (unpaired) electrons. The summed E-state index contributed by atoms with van der Waals surface area (Å²) < 4.78 is 0. The van der Waals surface area contributed by atoms with E-state index < -0.39 is 5.97 Å². The number of aliphatic carboxylic acids is 1. The highest BCUT2D eigenvalue weighted by Gasteiger charge is 2.04. The molecule has 0 unspecified atom stereocenters. The van der Waals surface area contributed by atoms with Crippen LogP contribution in [0.15, 0.2) is 12.1 Å². The summed E-state index contributed by atoms with van der Waals surface area (Å²) >= 11 is 1.45. The Balaban J connectivity index is 2.44. The van der Waals surface area contributed by atoms with Crippen molar-refractivity contribution in [3.05, 3.63) is 21.9 Å². The molecule has 3 nitrogen and oxygen atoms in total. The standard InChI is InChI=1S/C10H12O3S/c1-7(11)9-6-5-8(14-9)3-2-4-10(12)13/h5-6H,2-4H2,1H3,(H,12,13). The van der Waals surface area contributed by atoms with Crippen molar-refractivity contribution in [2.75, 3.05) is 0 Å². The van der Waals surface area contributed by atoms with Crippen molar-refractivity contribution >= 4 is 23.1 Å². The van der Waals surface area contributed by atoms with E-state index in [0.717, 1.165) is 16.2 Å². The van der Waals surface area contributed by atoms with Crippen molar-refractivity contribution in [1.29, 1.82) is 0 Å². The van der Waals surface area contributed by atoms with E-state index in [1.165, 1.54) is 18.3 Å². The zero-order valence-corrected chi connectivity index (χ0v) is 8.76. The molecule has 0 aliphatic carbocycles. The van der Waals surface area contributed by atoms with Crippen molar-refractivity contribution in [2.45, 2.75) is 26.2 Å². The second-order valence-electron chi connectivity index (χ2n) is 3.07. The number of carbonyl (C=O) groups is 2. The number of hydrogen-bond donors (Lipinski definition) is 1. The highest BCUT2D eigenvalue weighted by Crippen LogP contribution is 2.18. The minimum atomic E-state index is -0.770. The second-order valence-corrected chi connectivity index (χ2v) is 4.24. The van der Waals surface area contributed by atoms with Crippen molar-refractivity contribution in [1.82, 2.24) is 0 Å². The number of carbonyl (C=O) groups excluding carboxylic acids is 1. The molecule has 1 aromatic heterocycles. The minimum absolute atomic E-state index is 0.0690. The van der Waals surface area contributed by atoms with Crippen molar-refractivity contribution in [3.8, 4) is 0 Å². The van der Waals surface area contributed by atoms with Gasteiger partial charge in [-0.15, -0.1) is 11.3 Å². The molecule has 1 heterocycles. The number of hydrogen-bond acceptors (Lipinski definition) is 3. The Kier molecular flexibility index (Phi) is 3.83. The molecule has 0 aliphatic rings. The van der Waals surface area contributed by atoms with Gasteiger partial charge in [0.25, 0.3) is 0 Å². The van der Waals surface area contributed by atoms with Gasteiger partial charge >= 0.3 is 5.97 Å². The Morgan fingerprint density at radius 3 is 2.64 bits per heavy atom. The fraction of sp³-hybridized carbons (Fsp3) is 0.400. The van der Waals surface area contributed by atoms with E-state index in [9.17, 15) is 9.59 Å². The highest BCUT2D eigenvalue weighted by atomic mass is 32.1. The molecule has 0 aliphatic heterocycles. The van der Waals surface area contributed by atoms with E-state index in [0.29, 0.717) is 6.42 Å². The second kappa shape index (κ2) is 4.91. The first kappa shape index (κ1) is 10.9. The van der Waals surface area contributed by atoms with Gasteiger partial charge in [-0.25, -0.2) is 0 Å². The van der Waals surface area contributed by atoms with Crippen LogP contribution in [-0.4, -0.2) is 16.9 Å². The molecular weight excluding hydrogens is 200 g/mol. The number of carboxylic acid groups (broad SMARTS) is 1. The molecule has 0 fully saturated rings. The maximum atomic E-state index is 11.0. The van der Waals surface area contributed by atoms with Gasteiger partial charge in [0.05, 0.1) is 4.88 Å². The van der Waals surface area contributed by atoms with E-state index in [1.54, 1.807) is 6.07 Å². The number of Topliss-reactive ketones (excluding diaryl/α,β-unsaturated/α-hetero) is 1. The van der Waals surface area contributed by atoms with Gasteiger partial charge in [0.1, 0.15) is 0 Å². The molecule has 0 amide bonds. The van der Waals surface area contributed by atoms with E-state index in [4.69, 9.17) is 5.11 Å². The Morgan fingerprint density at radius 2 is 2.14 bits per heavy atom. The molecule has 0 saturated carbocycles. The van der Waals surface area contributed by atoms with Crippen LogP contribution < -0.4 is 0 Å². The monoisotopic (exact) mass is 212 g/mol. The molecule has 0 aromatic carbocycles. The van der Waals surface area contributed by atoms with Crippen LogP contribution in [0.2, 0.25) is 0 Å². The van der Waals surface area contributed by atoms with Gasteiger partial charge in [-0.1, -0.05) is 0 Å². The lowest BCUT2D eigenvalue weighted by molar-refractivity contribution is -0.137. The Morgan fingerprint density at radius 1 is 1.43 bits per heavy atom. The summed E-state index contributed by atoms with van der Waals surface area (Å²) in [5.41, 5.74) is 0. The molecule has 4 heteroatoms. The summed E-state index contributed by atoms with van der Waals surface area (Å²) in [5, 5.41) is 8.43. The Hall–Kier alpha value is -1.16. The quantitative estimate of drug-likeness (QED) is 0.762. The van der Waals surface area contributed by atoms with Crippen LogP contribution in [0.4, 0.5) is 0 Å². The third-order valence-electron chi connectivity index (χ3n) is 1.82. The average molecular weight is 212 g/mol. The molecule has 1 aromatic rings. The van der Waals surface area contributed by atoms with Crippen LogP contribution in [-0.2, 0) is 11.2 Å². The molecule has 14 heavy (non-hydrogen) atoms. The van der Waals surface area contributed by atoms with Crippen molar-refractivity contribution in [2.24, 2.45) is 0 Å². The van der Waals surface area contributed by atoms with Crippen LogP contribution >= 0.6 is 11.3 Å². The Labute approximate surface area is 86.4 Å². The van der Waals surface area contributed by atoms with E-state index in [1.807, 2.05) is 6.07 Å². The molecule has 0 spiro atoms.